The number of ether oxygens (including phenoxy) is 1. The average molecular weight is 341 g/mol. The molecule has 20 heavy (non-hydrogen) atoms. The Morgan fingerprint density at radius 2 is 2.20 bits per heavy atom. The molecule has 2 rings (SSSR count). The van der Waals surface area contributed by atoms with Crippen molar-refractivity contribution < 1.29 is 9.13 Å². The van der Waals surface area contributed by atoms with Gasteiger partial charge in [-0.3, -0.25) is 0 Å². The maximum Gasteiger partial charge on any atom is 0.224 e. The lowest BCUT2D eigenvalue weighted by atomic mass is 10.3. The van der Waals surface area contributed by atoms with Gasteiger partial charge in [-0.25, -0.2) is 9.37 Å². The lowest BCUT2D eigenvalue weighted by Crippen LogP contribution is -2.04. The van der Waals surface area contributed by atoms with E-state index in [0.29, 0.717) is 21.9 Å². The van der Waals surface area contributed by atoms with E-state index in [-0.39, 0.29) is 5.75 Å². The molecule has 0 saturated heterocycles. The first kappa shape index (κ1) is 14.5. The van der Waals surface area contributed by atoms with Crippen LogP contribution in [-0.4, -0.2) is 23.6 Å². The molecule has 0 atom stereocenters. The summed E-state index contributed by atoms with van der Waals surface area (Å²) in [6, 6.07) is 4.61. The summed E-state index contributed by atoms with van der Waals surface area (Å²) in [4.78, 5) is 8.41. The second kappa shape index (κ2) is 6.51. The Kier molecular flexibility index (Phi) is 4.73. The van der Waals surface area contributed by atoms with Crippen LogP contribution in [0.3, 0.4) is 0 Å². The van der Waals surface area contributed by atoms with Crippen LogP contribution in [-0.2, 0) is 0 Å². The molecule has 2 aromatic rings. The predicted molar refractivity (Wildman–Crippen MR) is 80.1 cm³/mol. The Hall–Kier alpha value is -1.89. The van der Waals surface area contributed by atoms with Crippen molar-refractivity contribution in [2.45, 2.75) is 6.92 Å². The normalized spacial score (nSPS) is 10.2. The van der Waals surface area contributed by atoms with Gasteiger partial charge in [-0.1, -0.05) is 0 Å². The van der Waals surface area contributed by atoms with Gasteiger partial charge in [-0.2, -0.15) is 4.98 Å². The molecule has 0 aliphatic rings. The van der Waals surface area contributed by atoms with Gasteiger partial charge in [0, 0.05) is 24.5 Å². The van der Waals surface area contributed by atoms with Crippen molar-refractivity contribution in [3.05, 3.63) is 34.7 Å². The number of aromatic nitrogens is 2. The van der Waals surface area contributed by atoms with E-state index in [4.69, 9.17) is 4.74 Å². The number of benzene rings is 1. The van der Waals surface area contributed by atoms with E-state index in [2.05, 4.69) is 36.5 Å². The van der Waals surface area contributed by atoms with E-state index >= 15 is 0 Å². The highest BCUT2D eigenvalue weighted by molar-refractivity contribution is 9.10. The number of hydrogen-bond acceptors (Lipinski definition) is 5. The molecule has 0 saturated carbocycles. The molecule has 5 nitrogen and oxygen atoms in total. The van der Waals surface area contributed by atoms with Crippen LogP contribution in [0, 0.1) is 5.82 Å². The third-order valence-electron chi connectivity index (χ3n) is 2.49. The van der Waals surface area contributed by atoms with E-state index in [0.717, 1.165) is 6.54 Å². The molecule has 0 spiro atoms. The van der Waals surface area contributed by atoms with Crippen LogP contribution < -0.4 is 15.4 Å². The molecule has 0 unspecified atom stereocenters. The summed E-state index contributed by atoms with van der Waals surface area (Å²) >= 11 is 3.35. The van der Waals surface area contributed by atoms with Crippen molar-refractivity contribution in [1.29, 1.82) is 0 Å². The smallest absolute Gasteiger partial charge is 0.224 e. The number of nitrogens with zero attached hydrogens (tertiary/aromatic N) is 2. The fourth-order valence-electron chi connectivity index (χ4n) is 1.58. The number of rotatable bonds is 5. The summed E-state index contributed by atoms with van der Waals surface area (Å²) in [6.45, 7) is 2.68. The zero-order chi connectivity index (χ0) is 14.5. The number of anilines is 3. The molecule has 7 heteroatoms. The number of nitrogens with one attached hydrogen (secondary N) is 2. The number of methoxy groups -OCH3 is 1. The maximum atomic E-state index is 13.6. The van der Waals surface area contributed by atoms with Gasteiger partial charge < -0.3 is 15.4 Å². The van der Waals surface area contributed by atoms with Crippen LogP contribution >= 0.6 is 15.9 Å². The lowest BCUT2D eigenvalue weighted by molar-refractivity contribution is 0.386. The van der Waals surface area contributed by atoms with Crippen LogP contribution in [0.25, 0.3) is 0 Å². The predicted octanol–water partition coefficient (Wildman–Crippen LogP) is 3.56. The Bertz CT molecular complexity index is 609. The van der Waals surface area contributed by atoms with Gasteiger partial charge in [0.2, 0.25) is 5.95 Å². The van der Waals surface area contributed by atoms with Gasteiger partial charge in [-0.15, -0.1) is 0 Å². The average Bonchev–Trinajstić information content (AvgIpc) is 2.43. The Morgan fingerprint density at radius 3 is 2.85 bits per heavy atom. The molecular weight excluding hydrogens is 327 g/mol. The van der Waals surface area contributed by atoms with Gasteiger partial charge in [0.25, 0.3) is 0 Å². The molecule has 106 valence electrons. The van der Waals surface area contributed by atoms with Gasteiger partial charge in [0.05, 0.1) is 11.6 Å². The molecule has 0 amide bonds. The first-order chi connectivity index (χ1) is 9.63. The minimum absolute atomic E-state index is 0.200. The van der Waals surface area contributed by atoms with Crippen molar-refractivity contribution >= 4 is 33.4 Å². The summed E-state index contributed by atoms with van der Waals surface area (Å²) in [5.41, 5.74) is 0.574. The van der Waals surface area contributed by atoms with Gasteiger partial charge in [-0.05, 0) is 35.0 Å². The molecule has 0 aliphatic carbocycles. The highest BCUT2D eigenvalue weighted by Crippen LogP contribution is 2.27. The first-order valence-corrected chi connectivity index (χ1v) is 6.80. The van der Waals surface area contributed by atoms with Crippen molar-refractivity contribution in [2.24, 2.45) is 0 Å². The van der Waals surface area contributed by atoms with E-state index in [1.807, 2.05) is 6.92 Å². The Labute approximate surface area is 124 Å². The van der Waals surface area contributed by atoms with Crippen LogP contribution in [0.5, 0.6) is 5.75 Å². The van der Waals surface area contributed by atoms with Gasteiger partial charge >= 0.3 is 0 Å². The van der Waals surface area contributed by atoms with E-state index < -0.39 is 5.82 Å². The van der Waals surface area contributed by atoms with Crippen LogP contribution in [0.4, 0.5) is 21.8 Å². The molecule has 1 heterocycles. The third-order valence-corrected chi connectivity index (χ3v) is 3.07. The Balaban J connectivity index is 2.24. The van der Waals surface area contributed by atoms with E-state index in [9.17, 15) is 4.39 Å². The second-order valence-corrected chi connectivity index (χ2v) is 4.75. The molecule has 0 fully saturated rings. The largest absolute Gasteiger partial charge is 0.494 e. The quantitative estimate of drug-likeness (QED) is 0.871. The van der Waals surface area contributed by atoms with Crippen LogP contribution in [0.2, 0.25) is 0 Å². The third kappa shape index (κ3) is 3.36. The molecule has 0 bridgehead atoms. The van der Waals surface area contributed by atoms with Crippen molar-refractivity contribution in [3.8, 4) is 5.75 Å². The zero-order valence-corrected chi connectivity index (χ0v) is 12.7. The molecule has 0 radical (unpaired) electrons. The molecule has 0 aliphatic heterocycles. The highest BCUT2D eigenvalue weighted by atomic mass is 79.9. The summed E-state index contributed by atoms with van der Waals surface area (Å²) in [5, 5.41) is 6.04. The number of hydrogen-bond donors (Lipinski definition) is 2. The fourth-order valence-corrected chi connectivity index (χ4v) is 1.87. The minimum Gasteiger partial charge on any atom is -0.494 e. The first-order valence-electron chi connectivity index (χ1n) is 6.01. The summed E-state index contributed by atoms with van der Waals surface area (Å²) in [7, 11) is 1.43. The highest BCUT2D eigenvalue weighted by Gasteiger charge is 2.08. The molecular formula is C13H14BrFN4O. The lowest BCUT2D eigenvalue weighted by Gasteiger charge is -2.10. The standard InChI is InChI=1S/C13H14BrFN4O/c1-3-16-13-17-7-9(14)12(19-13)18-8-4-5-11(20-2)10(15)6-8/h4-7H,3H2,1-2H3,(H2,16,17,18,19). The van der Waals surface area contributed by atoms with Crippen molar-refractivity contribution in [1.82, 2.24) is 9.97 Å². The van der Waals surface area contributed by atoms with Crippen molar-refractivity contribution in [3.63, 3.8) is 0 Å². The van der Waals surface area contributed by atoms with Crippen LogP contribution in [0.15, 0.2) is 28.9 Å². The van der Waals surface area contributed by atoms with Gasteiger partial charge in [0.15, 0.2) is 11.6 Å². The summed E-state index contributed by atoms with van der Waals surface area (Å²) < 4.78 is 19.2. The SMILES string of the molecule is CCNc1ncc(Br)c(Nc2ccc(OC)c(F)c2)n1. The summed E-state index contributed by atoms with van der Waals surface area (Å²) in [5.74, 6) is 0.827. The Morgan fingerprint density at radius 1 is 1.40 bits per heavy atom. The molecule has 2 N–H and O–H groups in total. The second-order valence-electron chi connectivity index (χ2n) is 3.89. The zero-order valence-electron chi connectivity index (χ0n) is 11.1. The number of halogens is 2. The topological polar surface area (TPSA) is 59.1 Å². The van der Waals surface area contributed by atoms with Crippen molar-refractivity contribution in [2.75, 3.05) is 24.3 Å². The van der Waals surface area contributed by atoms with Gasteiger partial charge in [0.1, 0.15) is 5.82 Å². The molecule has 1 aromatic heterocycles. The summed E-state index contributed by atoms with van der Waals surface area (Å²) in [6.07, 6.45) is 1.63. The van der Waals surface area contributed by atoms with Crippen LogP contribution in [0.1, 0.15) is 6.92 Å². The molecule has 1 aromatic carbocycles. The minimum atomic E-state index is -0.436. The monoisotopic (exact) mass is 340 g/mol. The van der Waals surface area contributed by atoms with E-state index in [1.54, 1.807) is 18.3 Å². The van der Waals surface area contributed by atoms with E-state index in [1.165, 1.54) is 13.2 Å². The maximum absolute atomic E-state index is 13.6. The fraction of sp³-hybridized carbons (Fsp3) is 0.231.